The molecule has 0 saturated carbocycles. The van der Waals surface area contributed by atoms with Gasteiger partial charge >= 0.3 is 5.97 Å². The zero-order valence-electron chi connectivity index (χ0n) is 15.1. The number of rotatable bonds is 7. The summed E-state index contributed by atoms with van der Waals surface area (Å²) < 4.78 is 4.86. The van der Waals surface area contributed by atoms with Gasteiger partial charge in [0.1, 0.15) is 0 Å². The van der Waals surface area contributed by atoms with Crippen molar-refractivity contribution >= 4 is 11.9 Å². The van der Waals surface area contributed by atoms with Gasteiger partial charge < -0.3 is 10.1 Å². The Morgan fingerprint density at radius 2 is 1.52 bits per heavy atom. The number of carbonyl (C=O) groups is 2. The number of hydrogen-bond acceptors (Lipinski definition) is 3. The quantitative estimate of drug-likeness (QED) is 0.577. The third-order valence-corrected chi connectivity index (χ3v) is 3.76. The first kappa shape index (κ1) is 19.7. The standard InChI is InChI=1S/C23H21NO3/c1-4-6-12-17(11-5-2)24-22(25)20-15-9-7-13-18(20)19-14-8-10-16-21(19)23(26)27-3/h4-16H,1-2H2,3H3,(H,24,25)/b12-6-,17-11+. The van der Waals surface area contributed by atoms with Crippen molar-refractivity contribution in [3.8, 4) is 11.1 Å². The lowest BCUT2D eigenvalue weighted by molar-refractivity contribution is 0.0601. The minimum Gasteiger partial charge on any atom is -0.465 e. The lowest BCUT2D eigenvalue weighted by Gasteiger charge is -2.13. The molecule has 0 aliphatic heterocycles. The lowest BCUT2D eigenvalue weighted by Crippen LogP contribution is -2.22. The summed E-state index contributed by atoms with van der Waals surface area (Å²) in [5, 5.41) is 2.84. The Labute approximate surface area is 159 Å². The Kier molecular flexibility index (Phi) is 7.08. The van der Waals surface area contributed by atoms with Gasteiger partial charge in [-0.3, -0.25) is 4.79 Å². The number of nitrogens with one attached hydrogen (secondary N) is 1. The summed E-state index contributed by atoms with van der Waals surface area (Å²) in [6.07, 6.45) is 8.32. The number of hydrogen-bond donors (Lipinski definition) is 1. The van der Waals surface area contributed by atoms with Crippen molar-refractivity contribution in [1.29, 1.82) is 0 Å². The number of ether oxygens (including phenoxy) is 1. The van der Waals surface area contributed by atoms with Gasteiger partial charge in [-0.2, -0.15) is 0 Å². The van der Waals surface area contributed by atoms with Gasteiger partial charge in [-0.25, -0.2) is 4.79 Å². The normalized spacial score (nSPS) is 11.1. The minimum atomic E-state index is -0.457. The summed E-state index contributed by atoms with van der Waals surface area (Å²) in [6, 6.07) is 14.1. The van der Waals surface area contributed by atoms with Gasteiger partial charge in [-0.05, 0) is 35.4 Å². The topological polar surface area (TPSA) is 55.4 Å². The molecule has 0 aliphatic rings. The van der Waals surface area contributed by atoms with Crippen molar-refractivity contribution in [1.82, 2.24) is 5.32 Å². The number of methoxy groups -OCH3 is 1. The Balaban J connectivity index is 2.48. The highest BCUT2D eigenvalue weighted by Gasteiger charge is 2.18. The van der Waals surface area contributed by atoms with E-state index in [1.54, 1.807) is 66.8 Å². The zero-order chi connectivity index (χ0) is 19.6. The smallest absolute Gasteiger partial charge is 0.338 e. The third kappa shape index (κ3) is 4.92. The molecule has 27 heavy (non-hydrogen) atoms. The summed E-state index contributed by atoms with van der Waals surface area (Å²) in [6.45, 7) is 7.28. The summed E-state index contributed by atoms with van der Waals surface area (Å²) in [4.78, 5) is 25.0. The van der Waals surface area contributed by atoms with Gasteiger partial charge in [0.05, 0.1) is 12.7 Å². The van der Waals surface area contributed by atoms with Crippen molar-refractivity contribution in [2.45, 2.75) is 0 Å². The molecule has 2 aromatic carbocycles. The average molecular weight is 359 g/mol. The van der Waals surface area contributed by atoms with Crippen LogP contribution in [0.15, 0.2) is 97.8 Å². The largest absolute Gasteiger partial charge is 0.465 e. The van der Waals surface area contributed by atoms with Crippen LogP contribution in [0.3, 0.4) is 0 Å². The Hall–Kier alpha value is -3.66. The van der Waals surface area contributed by atoms with Crippen molar-refractivity contribution < 1.29 is 14.3 Å². The second-order valence-corrected chi connectivity index (χ2v) is 5.49. The summed E-state index contributed by atoms with van der Waals surface area (Å²) in [7, 11) is 1.33. The fourth-order valence-electron chi connectivity index (χ4n) is 2.56. The number of esters is 1. The molecule has 136 valence electrons. The van der Waals surface area contributed by atoms with Crippen molar-refractivity contribution in [2.75, 3.05) is 7.11 Å². The van der Waals surface area contributed by atoms with E-state index in [9.17, 15) is 9.59 Å². The van der Waals surface area contributed by atoms with Crippen LogP contribution in [0.4, 0.5) is 0 Å². The molecule has 0 atom stereocenters. The maximum atomic E-state index is 12.9. The van der Waals surface area contributed by atoms with Gasteiger partial charge in [-0.1, -0.05) is 67.8 Å². The van der Waals surface area contributed by atoms with Crippen LogP contribution in [-0.2, 0) is 4.74 Å². The molecule has 0 saturated heterocycles. The molecule has 0 heterocycles. The van der Waals surface area contributed by atoms with Crippen LogP contribution < -0.4 is 5.32 Å². The van der Waals surface area contributed by atoms with E-state index in [0.29, 0.717) is 28.0 Å². The van der Waals surface area contributed by atoms with E-state index in [4.69, 9.17) is 4.74 Å². The van der Waals surface area contributed by atoms with E-state index in [2.05, 4.69) is 18.5 Å². The highest BCUT2D eigenvalue weighted by molar-refractivity contribution is 6.05. The molecule has 1 N–H and O–H groups in total. The minimum absolute atomic E-state index is 0.299. The van der Waals surface area contributed by atoms with Gasteiger partial charge in [0.25, 0.3) is 5.91 Å². The Bertz CT molecular complexity index is 923. The third-order valence-electron chi connectivity index (χ3n) is 3.76. The van der Waals surface area contributed by atoms with E-state index in [-0.39, 0.29) is 5.91 Å². The molecule has 0 bridgehead atoms. The number of carbonyl (C=O) groups excluding carboxylic acids is 2. The summed E-state index contributed by atoms with van der Waals surface area (Å²) >= 11 is 0. The van der Waals surface area contributed by atoms with Crippen molar-refractivity contribution in [3.63, 3.8) is 0 Å². The van der Waals surface area contributed by atoms with Gasteiger partial charge in [0.2, 0.25) is 0 Å². The fraction of sp³-hybridized carbons (Fsp3) is 0.0435. The predicted octanol–water partition coefficient (Wildman–Crippen LogP) is 4.68. The molecule has 2 aromatic rings. The molecular formula is C23H21NO3. The molecule has 1 amide bonds. The van der Waals surface area contributed by atoms with E-state index >= 15 is 0 Å². The van der Waals surface area contributed by atoms with E-state index < -0.39 is 5.97 Å². The highest BCUT2D eigenvalue weighted by Crippen LogP contribution is 2.28. The predicted molar refractivity (Wildman–Crippen MR) is 108 cm³/mol. The Morgan fingerprint density at radius 1 is 0.926 bits per heavy atom. The zero-order valence-corrected chi connectivity index (χ0v) is 15.1. The van der Waals surface area contributed by atoms with Crippen LogP contribution in [0.25, 0.3) is 11.1 Å². The van der Waals surface area contributed by atoms with Gasteiger partial charge in [-0.15, -0.1) is 0 Å². The van der Waals surface area contributed by atoms with Crippen LogP contribution in [0.2, 0.25) is 0 Å². The molecular weight excluding hydrogens is 338 g/mol. The molecule has 0 fully saturated rings. The molecule has 0 spiro atoms. The van der Waals surface area contributed by atoms with Crippen LogP contribution in [0.5, 0.6) is 0 Å². The first-order valence-corrected chi connectivity index (χ1v) is 8.32. The summed E-state index contributed by atoms with van der Waals surface area (Å²) in [5.41, 5.74) is 2.68. The number of benzene rings is 2. The molecule has 0 aliphatic carbocycles. The molecule has 0 unspecified atom stereocenters. The van der Waals surface area contributed by atoms with Crippen molar-refractivity contribution in [3.05, 3.63) is 109 Å². The molecule has 2 rings (SSSR count). The van der Waals surface area contributed by atoms with Gasteiger partial charge in [0.15, 0.2) is 0 Å². The van der Waals surface area contributed by atoms with Crippen LogP contribution in [0.1, 0.15) is 20.7 Å². The maximum absolute atomic E-state index is 12.9. The second-order valence-electron chi connectivity index (χ2n) is 5.49. The van der Waals surface area contributed by atoms with Crippen LogP contribution in [0, 0.1) is 0 Å². The van der Waals surface area contributed by atoms with Crippen LogP contribution in [-0.4, -0.2) is 19.0 Å². The summed E-state index contributed by atoms with van der Waals surface area (Å²) in [5.74, 6) is -0.756. The van der Waals surface area contributed by atoms with E-state index in [1.807, 2.05) is 12.1 Å². The Morgan fingerprint density at radius 3 is 2.11 bits per heavy atom. The van der Waals surface area contributed by atoms with E-state index in [1.165, 1.54) is 7.11 Å². The fourth-order valence-corrected chi connectivity index (χ4v) is 2.56. The maximum Gasteiger partial charge on any atom is 0.338 e. The van der Waals surface area contributed by atoms with Crippen molar-refractivity contribution in [2.24, 2.45) is 0 Å². The monoisotopic (exact) mass is 359 g/mol. The molecule has 0 radical (unpaired) electrons. The molecule has 4 nitrogen and oxygen atoms in total. The molecule has 0 aromatic heterocycles. The van der Waals surface area contributed by atoms with Crippen LogP contribution >= 0.6 is 0 Å². The van der Waals surface area contributed by atoms with E-state index in [0.717, 1.165) is 0 Å². The number of allylic oxidation sites excluding steroid dienone is 5. The highest BCUT2D eigenvalue weighted by atomic mass is 16.5. The first-order chi connectivity index (χ1) is 13.1. The first-order valence-electron chi connectivity index (χ1n) is 8.32. The average Bonchev–Trinajstić information content (AvgIpc) is 2.71. The lowest BCUT2D eigenvalue weighted by atomic mass is 9.95. The van der Waals surface area contributed by atoms with Gasteiger partial charge in [0, 0.05) is 11.3 Å². The SMILES string of the molecule is C=C/C=C\C(=C/C=C)NC(=O)c1ccccc1-c1ccccc1C(=O)OC. The number of amides is 1. The second kappa shape index (κ2) is 9.73. The molecule has 4 heteroatoms.